The van der Waals surface area contributed by atoms with Gasteiger partial charge in [0.05, 0.1) is 5.75 Å². The largest absolute Gasteiger partial charge is 0.492 e. The minimum Gasteiger partial charge on any atom is -0.492 e. The lowest BCUT2D eigenvalue weighted by atomic mass is 10.3. The number of hydrogen-bond acceptors (Lipinski definition) is 4. The standard InChI is InChI=1S/C14H22N2O3S/c1-2-16(11-12-3-4-12)20(17,18)10-9-19-14-7-5-13(15)6-8-14/h5-8,12H,2-4,9-11,15H2,1H3. The van der Waals surface area contributed by atoms with E-state index in [9.17, 15) is 8.42 Å². The fraction of sp³-hybridized carbons (Fsp3) is 0.571. The minimum absolute atomic E-state index is 0.0118. The molecule has 2 rings (SSSR count). The highest BCUT2D eigenvalue weighted by atomic mass is 32.2. The molecule has 1 aromatic carbocycles. The van der Waals surface area contributed by atoms with E-state index in [1.807, 2.05) is 6.92 Å². The molecular formula is C14H22N2O3S. The predicted octanol–water partition coefficient (Wildman–Crippen LogP) is 1.71. The van der Waals surface area contributed by atoms with E-state index in [0.717, 1.165) is 12.8 Å². The highest BCUT2D eigenvalue weighted by Gasteiger charge is 2.29. The predicted molar refractivity (Wildman–Crippen MR) is 80.1 cm³/mol. The average molecular weight is 298 g/mol. The Morgan fingerprint density at radius 2 is 1.95 bits per heavy atom. The molecule has 2 N–H and O–H groups in total. The first kappa shape index (κ1) is 15.1. The first-order chi connectivity index (χ1) is 9.51. The molecule has 112 valence electrons. The van der Waals surface area contributed by atoms with Crippen molar-refractivity contribution in [3.05, 3.63) is 24.3 Å². The summed E-state index contributed by atoms with van der Waals surface area (Å²) >= 11 is 0. The molecule has 0 atom stereocenters. The Balaban J connectivity index is 1.83. The van der Waals surface area contributed by atoms with Gasteiger partial charge in [0.2, 0.25) is 10.0 Å². The number of nitrogens with zero attached hydrogens (tertiary/aromatic N) is 1. The molecule has 1 aliphatic rings. The summed E-state index contributed by atoms with van der Waals surface area (Å²) in [6.07, 6.45) is 2.29. The molecule has 0 unspecified atom stereocenters. The Kier molecular flexibility index (Phi) is 4.88. The lowest BCUT2D eigenvalue weighted by molar-refractivity contribution is 0.333. The Hall–Kier alpha value is -1.27. The van der Waals surface area contributed by atoms with Crippen LogP contribution in [-0.4, -0.2) is 38.2 Å². The van der Waals surface area contributed by atoms with Crippen LogP contribution in [0.4, 0.5) is 5.69 Å². The normalized spacial score (nSPS) is 15.5. The van der Waals surface area contributed by atoms with Crippen LogP contribution in [0.3, 0.4) is 0 Å². The number of nitrogen functional groups attached to an aromatic ring is 1. The number of rotatable bonds is 8. The van der Waals surface area contributed by atoms with E-state index in [0.29, 0.717) is 30.4 Å². The second-order valence-electron chi connectivity index (χ2n) is 5.13. The summed E-state index contributed by atoms with van der Waals surface area (Å²) in [5, 5.41) is 0. The third kappa shape index (κ3) is 4.38. The van der Waals surface area contributed by atoms with Gasteiger partial charge in [-0.2, -0.15) is 0 Å². The van der Waals surface area contributed by atoms with Gasteiger partial charge in [-0.3, -0.25) is 0 Å². The summed E-state index contributed by atoms with van der Waals surface area (Å²) in [6.45, 7) is 3.22. The van der Waals surface area contributed by atoms with E-state index in [2.05, 4.69) is 0 Å². The molecule has 0 saturated heterocycles. The molecular weight excluding hydrogens is 276 g/mol. The first-order valence-corrected chi connectivity index (χ1v) is 8.58. The van der Waals surface area contributed by atoms with Crippen molar-refractivity contribution in [3.63, 3.8) is 0 Å². The lowest BCUT2D eigenvalue weighted by Crippen LogP contribution is -2.36. The van der Waals surface area contributed by atoms with Crippen LogP contribution < -0.4 is 10.5 Å². The molecule has 1 saturated carbocycles. The first-order valence-electron chi connectivity index (χ1n) is 6.97. The van der Waals surface area contributed by atoms with Gasteiger partial charge in [-0.1, -0.05) is 6.92 Å². The third-order valence-electron chi connectivity index (χ3n) is 3.39. The van der Waals surface area contributed by atoms with Crippen LogP contribution in [0, 0.1) is 5.92 Å². The summed E-state index contributed by atoms with van der Waals surface area (Å²) in [5.41, 5.74) is 6.24. The molecule has 0 heterocycles. The number of ether oxygens (including phenoxy) is 1. The average Bonchev–Trinajstić information content (AvgIpc) is 3.22. The van der Waals surface area contributed by atoms with Crippen LogP contribution in [0.15, 0.2) is 24.3 Å². The number of hydrogen-bond donors (Lipinski definition) is 1. The van der Waals surface area contributed by atoms with Crippen molar-refractivity contribution in [1.29, 1.82) is 0 Å². The van der Waals surface area contributed by atoms with Crippen LogP contribution in [0.2, 0.25) is 0 Å². The summed E-state index contributed by atoms with van der Waals surface area (Å²) in [7, 11) is -3.22. The molecule has 0 aliphatic heterocycles. The molecule has 0 amide bonds. The van der Waals surface area contributed by atoms with Gasteiger partial charge in [0.25, 0.3) is 0 Å². The smallest absolute Gasteiger partial charge is 0.217 e. The molecule has 0 aromatic heterocycles. The zero-order chi connectivity index (χ0) is 14.6. The van der Waals surface area contributed by atoms with E-state index in [1.165, 1.54) is 0 Å². The van der Waals surface area contributed by atoms with E-state index in [1.54, 1.807) is 28.6 Å². The zero-order valence-electron chi connectivity index (χ0n) is 11.8. The highest BCUT2D eigenvalue weighted by molar-refractivity contribution is 7.89. The van der Waals surface area contributed by atoms with Crippen LogP contribution in [0.5, 0.6) is 5.75 Å². The Bertz CT molecular complexity index is 524. The van der Waals surface area contributed by atoms with Gasteiger partial charge in [0.1, 0.15) is 12.4 Å². The summed E-state index contributed by atoms with van der Waals surface area (Å²) in [5.74, 6) is 1.21. The topological polar surface area (TPSA) is 72.6 Å². The maximum absolute atomic E-state index is 12.2. The number of anilines is 1. The zero-order valence-corrected chi connectivity index (χ0v) is 12.6. The van der Waals surface area contributed by atoms with Gasteiger partial charge in [-0.15, -0.1) is 0 Å². The molecule has 1 fully saturated rings. The van der Waals surface area contributed by atoms with E-state index in [4.69, 9.17) is 10.5 Å². The van der Waals surface area contributed by atoms with Crippen molar-refractivity contribution < 1.29 is 13.2 Å². The number of sulfonamides is 1. The van der Waals surface area contributed by atoms with Gasteiger partial charge in [-0.05, 0) is 43.0 Å². The van der Waals surface area contributed by atoms with Crippen LogP contribution in [-0.2, 0) is 10.0 Å². The van der Waals surface area contributed by atoms with Crippen molar-refractivity contribution >= 4 is 15.7 Å². The van der Waals surface area contributed by atoms with Crippen molar-refractivity contribution in [1.82, 2.24) is 4.31 Å². The molecule has 1 aromatic rings. The lowest BCUT2D eigenvalue weighted by Gasteiger charge is -2.20. The van der Waals surface area contributed by atoms with Crippen LogP contribution in [0.1, 0.15) is 19.8 Å². The highest BCUT2D eigenvalue weighted by Crippen LogP contribution is 2.30. The Morgan fingerprint density at radius 1 is 1.30 bits per heavy atom. The maximum Gasteiger partial charge on any atom is 0.217 e. The molecule has 1 aliphatic carbocycles. The van der Waals surface area contributed by atoms with Gasteiger partial charge >= 0.3 is 0 Å². The quantitative estimate of drug-likeness (QED) is 0.742. The van der Waals surface area contributed by atoms with Gasteiger partial charge in [0.15, 0.2) is 0 Å². The van der Waals surface area contributed by atoms with Crippen molar-refractivity contribution in [2.75, 3.05) is 31.2 Å². The minimum atomic E-state index is -3.22. The van der Waals surface area contributed by atoms with E-state index < -0.39 is 10.0 Å². The summed E-state index contributed by atoms with van der Waals surface area (Å²) < 4.78 is 31.4. The van der Waals surface area contributed by atoms with Gasteiger partial charge in [0, 0.05) is 18.8 Å². The summed E-state index contributed by atoms with van der Waals surface area (Å²) in [4.78, 5) is 0. The Labute approximate surface area is 120 Å². The van der Waals surface area contributed by atoms with Crippen LogP contribution in [0.25, 0.3) is 0 Å². The second-order valence-corrected chi connectivity index (χ2v) is 7.22. The van der Waals surface area contributed by atoms with E-state index in [-0.39, 0.29) is 12.4 Å². The molecule has 6 heteroatoms. The molecule has 0 radical (unpaired) electrons. The van der Waals surface area contributed by atoms with Crippen molar-refractivity contribution in [3.8, 4) is 5.75 Å². The fourth-order valence-electron chi connectivity index (χ4n) is 1.99. The Morgan fingerprint density at radius 3 is 2.50 bits per heavy atom. The molecule has 20 heavy (non-hydrogen) atoms. The third-order valence-corrected chi connectivity index (χ3v) is 5.27. The van der Waals surface area contributed by atoms with Gasteiger partial charge in [-0.25, -0.2) is 12.7 Å². The maximum atomic E-state index is 12.2. The second kappa shape index (κ2) is 6.45. The SMILES string of the molecule is CCN(CC1CC1)S(=O)(=O)CCOc1ccc(N)cc1. The molecule has 0 bridgehead atoms. The van der Waals surface area contributed by atoms with Crippen molar-refractivity contribution in [2.45, 2.75) is 19.8 Å². The van der Waals surface area contributed by atoms with Crippen LogP contribution >= 0.6 is 0 Å². The van der Waals surface area contributed by atoms with E-state index >= 15 is 0 Å². The monoisotopic (exact) mass is 298 g/mol. The molecule has 0 spiro atoms. The molecule has 5 nitrogen and oxygen atoms in total. The number of nitrogens with two attached hydrogens (primary N) is 1. The fourth-order valence-corrected chi connectivity index (χ4v) is 3.37. The summed E-state index contributed by atoms with van der Waals surface area (Å²) in [6, 6.07) is 6.94. The van der Waals surface area contributed by atoms with Gasteiger partial charge < -0.3 is 10.5 Å². The number of benzene rings is 1. The van der Waals surface area contributed by atoms with Crippen molar-refractivity contribution in [2.24, 2.45) is 5.92 Å².